The van der Waals surface area contributed by atoms with E-state index in [0.717, 1.165) is 6.42 Å². The predicted octanol–water partition coefficient (Wildman–Crippen LogP) is 3.08. The number of carboxylic acids is 1. The molecule has 2 atom stereocenters. The lowest BCUT2D eigenvalue weighted by Crippen LogP contribution is -2.43. The molecule has 3 nitrogen and oxygen atoms in total. The van der Waals surface area contributed by atoms with Crippen molar-refractivity contribution in [2.24, 2.45) is 11.8 Å². The van der Waals surface area contributed by atoms with Gasteiger partial charge in [0.05, 0.1) is 6.61 Å². The second-order valence-electron chi connectivity index (χ2n) is 5.12. The first-order valence-corrected chi connectivity index (χ1v) is 6.41. The van der Waals surface area contributed by atoms with E-state index in [-0.39, 0.29) is 0 Å². The maximum absolute atomic E-state index is 11.4. The SMILES string of the molecule is CCC(C)CC(CC)(OCC1CC1)C(=O)O. The summed E-state index contributed by atoms with van der Waals surface area (Å²) in [5.41, 5.74) is -0.946. The number of carbonyl (C=O) groups is 1. The minimum absolute atomic E-state index is 0.398. The van der Waals surface area contributed by atoms with E-state index >= 15 is 0 Å². The fraction of sp³-hybridized carbons (Fsp3) is 0.923. The predicted molar refractivity (Wildman–Crippen MR) is 63.4 cm³/mol. The first-order valence-electron chi connectivity index (χ1n) is 6.41. The molecule has 1 aliphatic rings. The molecular formula is C13H24O3. The summed E-state index contributed by atoms with van der Waals surface area (Å²) in [4.78, 5) is 11.4. The molecule has 0 radical (unpaired) electrons. The first kappa shape index (κ1) is 13.5. The Hall–Kier alpha value is -0.570. The Bertz CT molecular complexity index is 235. The van der Waals surface area contributed by atoms with Gasteiger partial charge in [0.25, 0.3) is 0 Å². The molecule has 1 fully saturated rings. The van der Waals surface area contributed by atoms with Gasteiger partial charge in [-0.25, -0.2) is 4.79 Å². The Kier molecular flexibility index (Phi) is 4.78. The number of ether oxygens (including phenoxy) is 1. The molecule has 1 N–H and O–H groups in total. The van der Waals surface area contributed by atoms with Crippen LogP contribution in [0.4, 0.5) is 0 Å². The third kappa shape index (κ3) is 3.48. The van der Waals surface area contributed by atoms with E-state index in [1.165, 1.54) is 12.8 Å². The second kappa shape index (κ2) is 5.67. The van der Waals surface area contributed by atoms with Crippen molar-refractivity contribution in [2.45, 2.75) is 58.5 Å². The van der Waals surface area contributed by atoms with Crippen molar-refractivity contribution >= 4 is 5.97 Å². The van der Waals surface area contributed by atoms with E-state index in [2.05, 4.69) is 13.8 Å². The molecule has 0 aromatic heterocycles. The van der Waals surface area contributed by atoms with Gasteiger partial charge in [0.2, 0.25) is 0 Å². The summed E-state index contributed by atoms with van der Waals surface area (Å²) in [6, 6.07) is 0. The molecule has 0 aromatic rings. The van der Waals surface area contributed by atoms with E-state index in [1.807, 2.05) is 6.92 Å². The lowest BCUT2D eigenvalue weighted by Gasteiger charge is -2.31. The average molecular weight is 228 g/mol. The van der Waals surface area contributed by atoms with Crippen molar-refractivity contribution in [3.05, 3.63) is 0 Å². The lowest BCUT2D eigenvalue weighted by molar-refractivity contribution is -0.170. The van der Waals surface area contributed by atoms with E-state index in [1.54, 1.807) is 0 Å². The minimum atomic E-state index is -0.946. The Morgan fingerprint density at radius 1 is 1.50 bits per heavy atom. The van der Waals surface area contributed by atoms with Crippen molar-refractivity contribution in [1.29, 1.82) is 0 Å². The largest absolute Gasteiger partial charge is 0.479 e. The van der Waals surface area contributed by atoms with Crippen molar-refractivity contribution < 1.29 is 14.6 Å². The zero-order valence-corrected chi connectivity index (χ0v) is 10.7. The molecule has 0 saturated heterocycles. The van der Waals surface area contributed by atoms with Crippen molar-refractivity contribution in [1.82, 2.24) is 0 Å². The minimum Gasteiger partial charge on any atom is -0.479 e. The highest BCUT2D eigenvalue weighted by Gasteiger charge is 2.40. The summed E-state index contributed by atoms with van der Waals surface area (Å²) in [5.74, 6) is 0.216. The van der Waals surface area contributed by atoms with Crippen LogP contribution in [-0.4, -0.2) is 23.3 Å². The van der Waals surface area contributed by atoms with Crippen LogP contribution in [0.5, 0.6) is 0 Å². The van der Waals surface area contributed by atoms with Crippen LogP contribution in [0, 0.1) is 11.8 Å². The number of hydrogen-bond donors (Lipinski definition) is 1. The molecular weight excluding hydrogens is 204 g/mol. The highest BCUT2D eigenvalue weighted by molar-refractivity contribution is 5.77. The highest BCUT2D eigenvalue weighted by Crippen LogP contribution is 2.33. The molecule has 16 heavy (non-hydrogen) atoms. The van der Waals surface area contributed by atoms with Gasteiger partial charge in [-0.15, -0.1) is 0 Å². The zero-order chi connectivity index (χ0) is 12.2. The van der Waals surface area contributed by atoms with Crippen LogP contribution in [-0.2, 0) is 9.53 Å². The molecule has 1 saturated carbocycles. The molecule has 1 rings (SSSR count). The molecule has 3 heteroatoms. The summed E-state index contributed by atoms with van der Waals surface area (Å²) < 4.78 is 5.74. The molecule has 0 amide bonds. The third-order valence-corrected chi connectivity index (χ3v) is 3.63. The van der Waals surface area contributed by atoms with Gasteiger partial charge >= 0.3 is 5.97 Å². The Balaban J connectivity index is 2.59. The topological polar surface area (TPSA) is 46.5 Å². The standard InChI is InChI=1S/C13H24O3/c1-4-10(3)8-13(5-2,12(14)15)16-9-11-6-7-11/h10-11H,4-9H2,1-3H3,(H,14,15). The molecule has 0 heterocycles. The molecule has 0 aliphatic heterocycles. The number of hydrogen-bond acceptors (Lipinski definition) is 2. The van der Waals surface area contributed by atoms with Gasteiger partial charge in [-0.3, -0.25) is 0 Å². The van der Waals surface area contributed by atoms with Crippen LogP contribution in [0.15, 0.2) is 0 Å². The lowest BCUT2D eigenvalue weighted by atomic mass is 9.87. The second-order valence-corrected chi connectivity index (χ2v) is 5.12. The smallest absolute Gasteiger partial charge is 0.335 e. The molecule has 94 valence electrons. The zero-order valence-electron chi connectivity index (χ0n) is 10.7. The van der Waals surface area contributed by atoms with Crippen molar-refractivity contribution in [3.63, 3.8) is 0 Å². The van der Waals surface area contributed by atoms with Gasteiger partial charge in [0, 0.05) is 0 Å². The van der Waals surface area contributed by atoms with Crippen LogP contribution in [0.1, 0.15) is 52.9 Å². The Morgan fingerprint density at radius 3 is 2.50 bits per heavy atom. The Morgan fingerprint density at radius 2 is 2.12 bits per heavy atom. The normalized spacial score (nSPS) is 21.4. The summed E-state index contributed by atoms with van der Waals surface area (Å²) in [7, 11) is 0. The van der Waals surface area contributed by atoms with Crippen molar-refractivity contribution in [3.8, 4) is 0 Å². The van der Waals surface area contributed by atoms with Crippen LogP contribution in [0.25, 0.3) is 0 Å². The molecule has 2 unspecified atom stereocenters. The summed E-state index contributed by atoms with van der Waals surface area (Å²) in [6.45, 7) is 6.71. The maximum atomic E-state index is 11.4. The monoisotopic (exact) mass is 228 g/mol. The fourth-order valence-corrected chi connectivity index (χ4v) is 1.87. The third-order valence-electron chi connectivity index (χ3n) is 3.63. The van der Waals surface area contributed by atoms with Crippen LogP contribution >= 0.6 is 0 Å². The van der Waals surface area contributed by atoms with E-state index in [0.29, 0.717) is 31.3 Å². The van der Waals surface area contributed by atoms with Crippen LogP contribution < -0.4 is 0 Å². The summed E-state index contributed by atoms with van der Waals surface area (Å²) in [6.07, 6.45) is 4.58. The van der Waals surface area contributed by atoms with Crippen LogP contribution in [0.2, 0.25) is 0 Å². The van der Waals surface area contributed by atoms with E-state index in [4.69, 9.17) is 4.74 Å². The molecule has 1 aliphatic carbocycles. The van der Waals surface area contributed by atoms with E-state index < -0.39 is 11.6 Å². The molecule has 0 spiro atoms. The van der Waals surface area contributed by atoms with E-state index in [9.17, 15) is 9.90 Å². The maximum Gasteiger partial charge on any atom is 0.335 e. The fourth-order valence-electron chi connectivity index (χ4n) is 1.87. The number of aliphatic carboxylic acids is 1. The van der Waals surface area contributed by atoms with Gasteiger partial charge in [-0.05, 0) is 37.5 Å². The highest BCUT2D eigenvalue weighted by atomic mass is 16.5. The van der Waals surface area contributed by atoms with Crippen LogP contribution in [0.3, 0.4) is 0 Å². The number of rotatable bonds is 8. The van der Waals surface area contributed by atoms with Gasteiger partial charge < -0.3 is 9.84 Å². The quantitative estimate of drug-likeness (QED) is 0.694. The molecule has 0 bridgehead atoms. The van der Waals surface area contributed by atoms with Gasteiger partial charge in [0.15, 0.2) is 5.60 Å². The molecule has 0 aromatic carbocycles. The summed E-state index contributed by atoms with van der Waals surface area (Å²) >= 11 is 0. The average Bonchev–Trinajstić information content (AvgIpc) is 3.07. The first-order chi connectivity index (χ1) is 7.54. The Labute approximate surface area is 98.2 Å². The summed E-state index contributed by atoms with van der Waals surface area (Å²) in [5, 5.41) is 9.38. The van der Waals surface area contributed by atoms with Gasteiger partial charge in [-0.1, -0.05) is 27.2 Å². The number of carboxylic acid groups (broad SMARTS) is 1. The van der Waals surface area contributed by atoms with Gasteiger partial charge in [-0.2, -0.15) is 0 Å². The van der Waals surface area contributed by atoms with Gasteiger partial charge in [0.1, 0.15) is 0 Å². The van der Waals surface area contributed by atoms with Crippen molar-refractivity contribution in [2.75, 3.05) is 6.61 Å².